The second kappa shape index (κ2) is 7.94. The molecule has 27 heavy (non-hydrogen) atoms. The van der Waals surface area contributed by atoms with E-state index in [1.807, 2.05) is 32.0 Å². The number of fused-ring (bicyclic) bond motifs is 1. The van der Waals surface area contributed by atoms with E-state index in [2.05, 4.69) is 20.7 Å². The fourth-order valence-electron chi connectivity index (χ4n) is 2.67. The zero-order valence-corrected chi connectivity index (χ0v) is 15.8. The average molecular weight is 369 g/mol. The zero-order valence-electron chi connectivity index (χ0n) is 15.8. The van der Waals surface area contributed by atoms with Crippen molar-refractivity contribution in [3.63, 3.8) is 0 Å². The molecule has 0 unspecified atom stereocenters. The third-order valence-corrected chi connectivity index (χ3v) is 3.98. The van der Waals surface area contributed by atoms with Crippen molar-refractivity contribution in [2.45, 2.75) is 26.4 Å². The number of methoxy groups -OCH3 is 2. The van der Waals surface area contributed by atoms with Gasteiger partial charge in [-0.1, -0.05) is 0 Å². The van der Waals surface area contributed by atoms with Crippen LogP contribution in [0.5, 0.6) is 11.5 Å². The summed E-state index contributed by atoms with van der Waals surface area (Å²) in [7, 11) is 3.25. The Labute approximate surface area is 157 Å². The first-order valence-electron chi connectivity index (χ1n) is 8.62. The van der Waals surface area contributed by atoms with Crippen molar-refractivity contribution >= 4 is 17.4 Å². The molecule has 0 aliphatic heterocycles. The van der Waals surface area contributed by atoms with Gasteiger partial charge in [0.05, 0.1) is 20.4 Å². The fourth-order valence-corrected chi connectivity index (χ4v) is 2.67. The van der Waals surface area contributed by atoms with Crippen molar-refractivity contribution in [3.8, 4) is 11.5 Å². The number of benzene rings is 1. The van der Waals surface area contributed by atoms with Gasteiger partial charge in [0.2, 0.25) is 0 Å². The molecular formula is C19H23N5O3. The number of rotatable bonds is 7. The second-order valence-corrected chi connectivity index (χ2v) is 6.30. The van der Waals surface area contributed by atoms with E-state index in [0.717, 1.165) is 17.1 Å². The van der Waals surface area contributed by atoms with Crippen LogP contribution in [0.1, 0.15) is 29.8 Å². The largest absolute Gasteiger partial charge is 0.497 e. The zero-order chi connectivity index (χ0) is 19.4. The molecule has 2 heterocycles. The van der Waals surface area contributed by atoms with Crippen LogP contribution in [0.15, 0.2) is 36.7 Å². The maximum absolute atomic E-state index is 12.3. The number of carbonyl (C=O) groups is 1. The first-order chi connectivity index (χ1) is 13.0. The summed E-state index contributed by atoms with van der Waals surface area (Å²) in [5.74, 6) is 1.94. The minimum atomic E-state index is -0.195. The SMILES string of the molecule is COc1ccc(OC)c(CNc2ccn3ncc(C(=O)NC(C)C)c3n2)c1. The molecular weight excluding hydrogens is 346 g/mol. The molecule has 8 heteroatoms. The lowest BCUT2D eigenvalue weighted by Gasteiger charge is -2.12. The Bertz CT molecular complexity index is 952. The molecule has 0 aliphatic rings. The molecule has 2 N–H and O–H groups in total. The summed E-state index contributed by atoms with van der Waals surface area (Å²) in [6, 6.07) is 7.45. The summed E-state index contributed by atoms with van der Waals surface area (Å²) in [4.78, 5) is 16.9. The highest BCUT2D eigenvalue weighted by atomic mass is 16.5. The number of nitrogens with one attached hydrogen (secondary N) is 2. The van der Waals surface area contributed by atoms with Crippen LogP contribution in [-0.4, -0.2) is 40.8 Å². The van der Waals surface area contributed by atoms with Crippen LogP contribution in [0.4, 0.5) is 5.82 Å². The molecule has 0 spiro atoms. The number of carbonyl (C=O) groups excluding carboxylic acids is 1. The Kier molecular flexibility index (Phi) is 5.44. The Hall–Kier alpha value is -3.29. The van der Waals surface area contributed by atoms with Crippen LogP contribution in [0.3, 0.4) is 0 Å². The maximum atomic E-state index is 12.3. The summed E-state index contributed by atoms with van der Waals surface area (Å²) in [6.45, 7) is 4.31. The number of ether oxygens (including phenoxy) is 2. The van der Waals surface area contributed by atoms with E-state index in [1.54, 1.807) is 31.0 Å². The summed E-state index contributed by atoms with van der Waals surface area (Å²) in [5, 5.41) is 10.3. The topological polar surface area (TPSA) is 89.8 Å². The summed E-state index contributed by atoms with van der Waals surface area (Å²) in [5.41, 5.74) is 1.87. The van der Waals surface area contributed by atoms with Gasteiger partial charge in [0.25, 0.3) is 5.91 Å². The van der Waals surface area contributed by atoms with Crippen molar-refractivity contribution in [3.05, 3.63) is 47.8 Å². The molecule has 0 atom stereocenters. The van der Waals surface area contributed by atoms with Crippen LogP contribution in [0.25, 0.3) is 5.65 Å². The molecule has 3 aromatic rings. The third-order valence-electron chi connectivity index (χ3n) is 3.98. The average Bonchev–Trinajstić information content (AvgIpc) is 3.08. The van der Waals surface area contributed by atoms with Crippen LogP contribution in [0, 0.1) is 0 Å². The highest BCUT2D eigenvalue weighted by molar-refractivity contribution is 5.99. The lowest BCUT2D eigenvalue weighted by molar-refractivity contribution is 0.0944. The summed E-state index contributed by atoms with van der Waals surface area (Å²) < 4.78 is 12.2. The predicted octanol–water partition coefficient (Wildman–Crippen LogP) is 2.50. The lowest BCUT2D eigenvalue weighted by Crippen LogP contribution is -2.30. The van der Waals surface area contributed by atoms with E-state index in [-0.39, 0.29) is 11.9 Å². The second-order valence-electron chi connectivity index (χ2n) is 6.30. The molecule has 0 radical (unpaired) electrons. The molecule has 0 fully saturated rings. The first kappa shape index (κ1) is 18.5. The van der Waals surface area contributed by atoms with Crippen molar-refractivity contribution in [1.82, 2.24) is 19.9 Å². The molecule has 1 aromatic carbocycles. The van der Waals surface area contributed by atoms with Gasteiger partial charge in [-0.25, -0.2) is 9.50 Å². The van der Waals surface area contributed by atoms with Crippen molar-refractivity contribution in [1.29, 1.82) is 0 Å². The van der Waals surface area contributed by atoms with Crippen molar-refractivity contribution in [2.75, 3.05) is 19.5 Å². The minimum Gasteiger partial charge on any atom is -0.497 e. The van der Waals surface area contributed by atoms with Crippen LogP contribution >= 0.6 is 0 Å². The molecule has 1 amide bonds. The van der Waals surface area contributed by atoms with Gasteiger partial charge in [-0.3, -0.25) is 4.79 Å². The predicted molar refractivity (Wildman–Crippen MR) is 102 cm³/mol. The van der Waals surface area contributed by atoms with Crippen LogP contribution in [0.2, 0.25) is 0 Å². The van der Waals surface area contributed by atoms with E-state index < -0.39 is 0 Å². The summed E-state index contributed by atoms with van der Waals surface area (Å²) in [6.07, 6.45) is 3.29. The Morgan fingerprint density at radius 3 is 2.74 bits per heavy atom. The molecule has 3 rings (SSSR count). The smallest absolute Gasteiger partial charge is 0.256 e. The van der Waals surface area contributed by atoms with E-state index in [0.29, 0.717) is 23.6 Å². The van der Waals surface area contributed by atoms with E-state index in [1.165, 1.54) is 6.20 Å². The van der Waals surface area contributed by atoms with Crippen LogP contribution < -0.4 is 20.1 Å². The number of anilines is 1. The Morgan fingerprint density at radius 2 is 2.04 bits per heavy atom. The van der Waals surface area contributed by atoms with Gasteiger partial charge in [0.15, 0.2) is 5.65 Å². The number of aromatic nitrogens is 3. The van der Waals surface area contributed by atoms with Gasteiger partial charge in [0.1, 0.15) is 22.9 Å². The van der Waals surface area contributed by atoms with E-state index in [9.17, 15) is 4.79 Å². The minimum absolute atomic E-state index is 0.0364. The van der Waals surface area contributed by atoms with Gasteiger partial charge < -0.3 is 20.1 Å². The number of hydrogen-bond donors (Lipinski definition) is 2. The highest BCUT2D eigenvalue weighted by Gasteiger charge is 2.15. The van der Waals surface area contributed by atoms with Crippen molar-refractivity contribution in [2.24, 2.45) is 0 Å². The first-order valence-corrected chi connectivity index (χ1v) is 8.62. The number of nitrogens with zero attached hydrogens (tertiary/aromatic N) is 3. The Balaban J connectivity index is 1.83. The Morgan fingerprint density at radius 1 is 1.22 bits per heavy atom. The normalized spacial score (nSPS) is 10.9. The van der Waals surface area contributed by atoms with E-state index >= 15 is 0 Å². The van der Waals surface area contributed by atoms with Gasteiger partial charge in [-0.15, -0.1) is 0 Å². The molecule has 142 valence electrons. The molecule has 0 saturated heterocycles. The van der Waals surface area contributed by atoms with Crippen LogP contribution in [-0.2, 0) is 6.54 Å². The lowest BCUT2D eigenvalue weighted by atomic mass is 10.2. The van der Waals surface area contributed by atoms with Gasteiger partial charge in [0, 0.05) is 24.3 Å². The summed E-state index contributed by atoms with van der Waals surface area (Å²) >= 11 is 0. The molecule has 2 aromatic heterocycles. The molecule has 0 bridgehead atoms. The quantitative estimate of drug-likeness (QED) is 0.665. The monoisotopic (exact) mass is 369 g/mol. The number of amides is 1. The fraction of sp³-hybridized carbons (Fsp3) is 0.316. The maximum Gasteiger partial charge on any atom is 0.256 e. The number of hydrogen-bond acceptors (Lipinski definition) is 6. The van der Waals surface area contributed by atoms with E-state index in [4.69, 9.17) is 9.47 Å². The standard InChI is InChI=1S/C19H23N5O3/c1-12(2)22-19(25)15-11-21-24-8-7-17(23-18(15)24)20-10-13-9-14(26-3)5-6-16(13)27-4/h5-9,11-12H,10H2,1-4H3,(H,20,23)(H,22,25). The molecule has 8 nitrogen and oxygen atoms in total. The van der Waals surface area contributed by atoms with Gasteiger partial charge in [-0.05, 0) is 38.1 Å². The van der Waals surface area contributed by atoms with Crippen molar-refractivity contribution < 1.29 is 14.3 Å². The highest BCUT2D eigenvalue weighted by Crippen LogP contribution is 2.24. The molecule has 0 aliphatic carbocycles. The molecule has 0 saturated carbocycles. The van der Waals surface area contributed by atoms with Gasteiger partial charge >= 0.3 is 0 Å². The third kappa shape index (κ3) is 4.11. The van der Waals surface area contributed by atoms with Gasteiger partial charge in [-0.2, -0.15) is 5.10 Å².